The number of nitriles is 1. The van der Waals surface area contributed by atoms with Crippen LogP contribution in [0.5, 0.6) is 0 Å². The third kappa shape index (κ3) is 4.79. The van der Waals surface area contributed by atoms with E-state index in [-0.39, 0.29) is 30.2 Å². The van der Waals surface area contributed by atoms with Crippen LogP contribution in [0.4, 0.5) is 11.5 Å². The number of hydrogen-bond donors (Lipinski definition) is 2. The Morgan fingerprint density at radius 2 is 2.20 bits per heavy atom. The van der Waals surface area contributed by atoms with Crippen LogP contribution in [0.25, 0.3) is 0 Å². The van der Waals surface area contributed by atoms with Gasteiger partial charge in [0.25, 0.3) is 0 Å². The number of sulfonamides is 1. The minimum atomic E-state index is -3.25. The standard InChI is InChI=1S/C10H13N5O4S/c1-20(18,19)14-5-2-4-12-10-9(15(16)17)8(7-11)3-6-13-10/h3,6,14H,2,4-5H2,1H3,(H,12,13). The summed E-state index contributed by atoms with van der Waals surface area (Å²) in [7, 11) is -3.25. The zero-order valence-corrected chi connectivity index (χ0v) is 11.5. The molecule has 0 spiro atoms. The van der Waals surface area contributed by atoms with E-state index < -0.39 is 14.9 Å². The van der Waals surface area contributed by atoms with Gasteiger partial charge in [0.2, 0.25) is 15.8 Å². The first-order valence-corrected chi connectivity index (χ1v) is 7.46. The van der Waals surface area contributed by atoms with Gasteiger partial charge in [-0.2, -0.15) is 5.26 Å². The lowest BCUT2D eigenvalue weighted by Crippen LogP contribution is -2.24. The smallest absolute Gasteiger partial charge is 0.328 e. The van der Waals surface area contributed by atoms with Crippen molar-refractivity contribution in [3.63, 3.8) is 0 Å². The van der Waals surface area contributed by atoms with Crippen LogP contribution in [0.15, 0.2) is 12.3 Å². The van der Waals surface area contributed by atoms with Gasteiger partial charge in [0.15, 0.2) is 0 Å². The summed E-state index contributed by atoms with van der Waals surface area (Å²) < 4.78 is 23.9. The molecule has 0 radical (unpaired) electrons. The van der Waals surface area contributed by atoms with Crippen LogP contribution in [0, 0.1) is 21.4 Å². The lowest BCUT2D eigenvalue weighted by atomic mass is 10.2. The molecule has 0 amide bonds. The number of nitrogens with one attached hydrogen (secondary N) is 2. The molecule has 10 heteroatoms. The molecule has 0 bridgehead atoms. The predicted molar refractivity (Wildman–Crippen MR) is 71.6 cm³/mol. The van der Waals surface area contributed by atoms with Crippen LogP contribution in [0.2, 0.25) is 0 Å². The van der Waals surface area contributed by atoms with Gasteiger partial charge in [-0.1, -0.05) is 0 Å². The topological polar surface area (TPSA) is 138 Å². The van der Waals surface area contributed by atoms with E-state index >= 15 is 0 Å². The zero-order chi connectivity index (χ0) is 15.2. The normalized spacial score (nSPS) is 10.8. The van der Waals surface area contributed by atoms with Crippen molar-refractivity contribution in [2.75, 3.05) is 24.7 Å². The number of nitro groups is 1. The summed E-state index contributed by atoms with van der Waals surface area (Å²) in [6.07, 6.45) is 2.76. The number of anilines is 1. The Labute approximate surface area is 115 Å². The Bertz CT molecular complexity index is 638. The summed E-state index contributed by atoms with van der Waals surface area (Å²) >= 11 is 0. The largest absolute Gasteiger partial charge is 0.364 e. The van der Waals surface area contributed by atoms with Gasteiger partial charge in [-0.15, -0.1) is 0 Å². The van der Waals surface area contributed by atoms with E-state index in [9.17, 15) is 18.5 Å². The molecule has 0 saturated carbocycles. The third-order valence-electron chi connectivity index (χ3n) is 2.24. The molecule has 2 N–H and O–H groups in total. The van der Waals surface area contributed by atoms with Gasteiger partial charge in [-0.25, -0.2) is 18.1 Å². The highest BCUT2D eigenvalue weighted by Gasteiger charge is 2.20. The van der Waals surface area contributed by atoms with Crippen molar-refractivity contribution in [3.05, 3.63) is 27.9 Å². The predicted octanol–water partition coefficient (Wildman–Crippen LogP) is 0.213. The second kappa shape index (κ2) is 6.78. The molecule has 0 atom stereocenters. The first kappa shape index (κ1) is 15.8. The molecule has 0 aliphatic carbocycles. The summed E-state index contributed by atoms with van der Waals surface area (Å²) in [5.74, 6) is -0.00611. The molecule has 9 nitrogen and oxygen atoms in total. The Balaban J connectivity index is 2.65. The fourth-order valence-electron chi connectivity index (χ4n) is 1.41. The van der Waals surface area contributed by atoms with Crippen molar-refractivity contribution in [1.29, 1.82) is 5.26 Å². The van der Waals surface area contributed by atoms with Gasteiger partial charge in [0, 0.05) is 19.3 Å². The van der Waals surface area contributed by atoms with Crippen LogP contribution in [-0.4, -0.2) is 37.7 Å². The second-order valence-corrected chi connectivity index (χ2v) is 5.70. The summed E-state index contributed by atoms with van der Waals surface area (Å²) in [5, 5.41) is 22.4. The SMILES string of the molecule is CS(=O)(=O)NCCCNc1nccc(C#N)c1[N+](=O)[O-]. The summed E-state index contributed by atoms with van der Waals surface area (Å²) in [4.78, 5) is 14.0. The second-order valence-electron chi connectivity index (χ2n) is 3.87. The van der Waals surface area contributed by atoms with E-state index in [1.807, 2.05) is 0 Å². The van der Waals surface area contributed by atoms with Gasteiger partial charge in [0.1, 0.15) is 11.6 Å². The lowest BCUT2D eigenvalue weighted by molar-refractivity contribution is -0.384. The summed E-state index contributed by atoms with van der Waals surface area (Å²) in [6.45, 7) is 0.489. The number of pyridine rings is 1. The Hall–Kier alpha value is -2.25. The van der Waals surface area contributed by atoms with Crippen LogP contribution in [0.1, 0.15) is 12.0 Å². The van der Waals surface area contributed by atoms with E-state index in [0.717, 1.165) is 6.26 Å². The molecule has 1 aromatic heterocycles. The van der Waals surface area contributed by atoms with Gasteiger partial charge < -0.3 is 5.32 Å². The van der Waals surface area contributed by atoms with E-state index in [1.165, 1.54) is 12.3 Å². The maximum atomic E-state index is 10.9. The van der Waals surface area contributed by atoms with E-state index in [2.05, 4.69) is 15.0 Å². The first-order chi connectivity index (χ1) is 9.35. The van der Waals surface area contributed by atoms with Crippen molar-refractivity contribution in [2.24, 2.45) is 0 Å². The molecular weight excluding hydrogens is 286 g/mol. The number of hydrogen-bond acceptors (Lipinski definition) is 7. The molecule has 1 rings (SSSR count). The first-order valence-electron chi connectivity index (χ1n) is 5.57. The molecule has 1 heterocycles. The van der Waals surface area contributed by atoms with Gasteiger partial charge in [-0.3, -0.25) is 10.1 Å². The molecule has 0 aliphatic heterocycles. The quantitative estimate of drug-likeness (QED) is 0.417. The van der Waals surface area contributed by atoms with Gasteiger partial charge >= 0.3 is 5.69 Å². The number of rotatable bonds is 7. The highest BCUT2D eigenvalue weighted by molar-refractivity contribution is 7.88. The average Bonchev–Trinajstić information content (AvgIpc) is 2.36. The molecule has 20 heavy (non-hydrogen) atoms. The molecule has 0 unspecified atom stereocenters. The van der Waals surface area contributed by atoms with Crippen molar-refractivity contribution < 1.29 is 13.3 Å². The van der Waals surface area contributed by atoms with E-state index in [4.69, 9.17) is 5.26 Å². The number of nitrogens with zero attached hydrogens (tertiary/aromatic N) is 3. The van der Waals surface area contributed by atoms with Crippen LogP contribution in [0.3, 0.4) is 0 Å². The molecule has 0 aromatic carbocycles. The van der Waals surface area contributed by atoms with Crippen LogP contribution in [-0.2, 0) is 10.0 Å². The molecule has 1 aromatic rings. The highest BCUT2D eigenvalue weighted by Crippen LogP contribution is 2.25. The van der Waals surface area contributed by atoms with Crippen molar-refractivity contribution in [3.8, 4) is 6.07 Å². The monoisotopic (exact) mass is 299 g/mol. The summed E-state index contributed by atoms with van der Waals surface area (Å²) in [5.41, 5.74) is -0.465. The van der Waals surface area contributed by atoms with E-state index in [0.29, 0.717) is 6.42 Å². The number of aromatic nitrogens is 1. The third-order valence-corrected chi connectivity index (χ3v) is 2.97. The molecule has 0 fully saturated rings. The highest BCUT2D eigenvalue weighted by atomic mass is 32.2. The molecule has 108 valence electrons. The Kier molecular flexibility index (Phi) is 5.36. The van der Waals surface area contributed by atoms with Crippen molar-refractivity contribution in [2.45, 2.75) is 6.42 Å². The molecular formula is C10H13N5O4S. The zero-order valence-electron chi connectivity index (χ0n) is 10.7. The minimum Gasteiger partial charge on any atom is -0.364 e. The van der Waals surface area contributed by atoms with Crippen molar-refractivity contribution in [1.82, 2.24) is 9.71 Å². The minimum absolute atomic E-state index is 0.00611. The average molecular weight is 299 g/mol. The Morgan fingerprint density at radius 3 is 2.75 bits per heavy atom. The van der Waals surface area contributed by atoms with Gasteiger partial charge in [0.05, 0.1) is 11.2 Å². The van der Waals surface area contributed by atoms with Gasteiger partial charge in [-0.05, 0) is 12.5 Å². The molecule has 0 saturated heterocycles. The maximum Gasteiger partial charge on any atom is 0.328 e. The lowest BCUT2D eigenvalue weighted by Gasteiger charge is -2.06. The van der Waals surface area contributed by atoms with Crippen LogP contribution < -0.4 is 10.0 Å². The van der Waals surface area contributed by atoms with Crippen LogP contribution >= 0.6 is 0 Å². The fraction of sp³-hybridized carbons (Fsp3) is 0.400. The summed E-state index contributed by atoms with van der Waals surface area (Å²) in [6, 6.07) is 2.98. The fourth-order valence-corrected chi connectivity index (χ4v) is 1.93. The van der Waals surface area contributed by atoms with Crippen molar-refractivity contribution >= 4 is 21.5 Å². The molecule has 0 aliphatic rings. The Morgan fingerprint density at radius 1 is 1.50 bits per heavy atom. The maximum absolute atomic E-state index is 10.9. The van der Waals surface area contributed by atoms with E-state index in [1.54, 1.807) is 6.07 Å².